The molecule has 0 amide bonds. The van der Waals surface area contributed by atoms with Crippen LogP contribution in [-0.4, -0.2) is 76.8 Å². The number of halogens is 3. The van der Waals surface area contributed by atoms with Crippen molar-refractivity contribution in [3.8, 4) is 0 Å². The summed E-state index contributed by atoms with van der Waals surface area (Å²) in [5.41, 5.74) is 0.979. The zero-order valence-corrected chi connectivity index (χ0v) is 18.4. The van der Waals surface area contributed by atoms with E-state index in [1.807, 2.05) is 25.5 Å². The Balaban J connectivity index is 0.000000383. The summed E-state index contributed by atoms with van der Waals surface area (Å²) in [4.78, 5) is 15.8. The van der Waals surface area contributed by atoms with Crippen molar-refractivity contribution in [2.24, 2.45) is 13.0 Å². The summed E-state index contributed by atoms with van der Waals surface area (Å²) in [5.74, 6) is -1.17. The highest BCUT2D eigenvalue weighted by Gasteiger charge is 2.43. The summed E-state index contributed by atoms with van der Waals surface area (Å²) in [5, 5.41) is 10.7. The van der Waals surface area contributed by atoms with E-state index >= 15 is 0 Å². The Hall–Kier alpha value is -2.63. The zero-order chi connectivity index (χ0) is 23.9. The minimum atomic E-state index is -5.08. The average Bonchev–Trinajstić information content (AvgIpc) is 3.29. The number of aromatic nitrogens is 2. The summed E-state index contributed by atoms with van der Waals surface area (Å²) in [6.07, 6.45) is -0.197. The molecule has 2 atom stereocenters. The second-order valence-electron chi connectivity index (χ2n) is 8.33. The van der Waals surface area contributed by atoms with Crippen LogP contribution in [0.15, 0.2) is 42.7 Å². The quantitative estimate of drug-likeness (QED) is 0.695. The van der Waals surface area contributed by atoms with E-state index in [4.69, 9.17) is 19.4 Å². The minimum Gasteiger partial charge on any atom is -0.475 e. The molecule has 182 valence electrons. The van der Waals surface area contributed by atoms with Crippen LogP contribution >= 0.6 is 0 Å². The van der Waals surface area contributed by atoms with E-state index in [2.05, 4.69) is 44.0 Å². The van der Waals surface area contributed by atoms with Crippen LogP contribution in [0.5, 0.6) is 0 Å². The number of para-hydroxylation sites is 1. The molecule has 4 rings (SSSR count). The van der Waals surface area contributed by atoms with Crippen LogP contribution in [-0.2, 0) is 27.9 Å². The maximum atomic E-state index is 10.6. The molecule has 2 aromatic rings. The number of benzene rings is 1. The lowest BCUT2D eigenvalue weighted by molar-refractivity contribution is -0.192. The van der Waals surface area contributed by atoms with Crippen molar-refractivity contribution in [3.05, 3.63) is 48.5 Å². The third kappa shape index (κ3) is 7.44. The molecule has 0 radical (unpaired) electrons. The largest absolute Gasteiger partial charge is 0.490 e. The van der Waals surface area contributed by atoms with Crippen molar-refractivity contribution >= 4 is 11.7 Å². The van der Waals surface area contributed by atoms with Crippen LogP contribution in [0.1, 0.15) is 12.2 Å². The fourth-order valence-corrected chi connectivity index (χ4v) is 3.97. The van der Waals surface area contributed by atoms with Gasteiger partial charge in [-0.15, -0.1) is 0 Å². The topological polar surface area (TPSA) is 88.9 Å². The third-order valence-corrected chi connectivity index (χ3v) is 5.61. The normalized spacial score (nSPS) is 23.6. The Morgan fingerprint density at radius 1 is 1.33 bits per heavy atom. The molecule has 0 bridgehead atoms. The fraction of sp³-hybridized carbons (Fsp3) is 0.545. The van der Waals surface area contributed by atoms with Gasteiger partial charge in [-0.3, -0.25) is 4.90 Å². The third-order valence-electron chi connectivity index (χ3n) is 5.61. The van der Waals surface area contributed by atoms with Crippen LogP contribution in [0, 0.1) is 5.92 Å². The van der Waals surface area contributed by atoms with E-state index in [0.717, 1.165) is 51.6 Å². The van der Waals surface area contributed by atoms with Crippen LogP contribution in [0.4, 0.5) is 18.9 Å². The fourth-order valence-electron chi connectivity index (χ4n) is 3.97. The molecule has 2 aliphatic heterocycles. The molecule has 1 aromatic carbocycles. The first-order valence-electron chi connectivity index (χ1n) is 10.7. The maximum absolute atomic E-state index is 10.6. The van der Waals surface area contributed by atoms with E-state index in [-0.39, 0.29) is 5.60 Å². The number of anilines is 1. The standard InChI is InChI=1S/C20H28N4O2.C2HF3O2/c1-23-8-7-21-19(23)13-24-9-10-25-16-20(15-24)11-17(14-26-20)12-22-18-5-3-2-4-6-18;3-2(4,5)1(6)7/h2-8,17,22H,9-16H2,1H3;(H,6,7). The van der Waals surface area contributed by atoms with E-state index in [9.17, 15) is 13.2 Å². The number of carboxylic acids is 1. The summed E-state index contributed by atoms with van der Waals surface area (Å²) >= 11 is 0. The predicted molar refractivity (Wildman–Crippen MR) is 115 cm³/mol. The highest BCUT2D eigenvalue weighted by atomic mass is 19.4. The summed E-state index contributed by atoms with van der Waals surface area (Å²) < 4.78 is 46.0. The van der Waals surface area contributed by atoms with E-state index < -0.39 is 12.1 Å². The van der Waals surface area contributed by atoms with Gasteiger partial charge in [-0.05, 0) is 18.6 Å². The molecule has 3 heterocycles. The van der Waals surface area contributed by atoms with Crippen molar-refractivity contribution in [1.82, 2.24) is 14.5 Å². The number of alkyl halides is 3. The SMILES string of the molecule is Cn1ccnc1CN1CCOCC2(CC(CNc3ccccc3)CO2)C1.O=C(O)C(F)(F)F. The number of hydrogen-bond donors (Lipinski definition) is 2. The minimum absolute atomic E-state index is 0.190. The number of imidazole rings is 1. The molecule has 0 aliphatic carbocycles. The monoisotopic (exact) mass is 470 g/mol. The van der Waals surface area contributed by atoms with Gasteiger partial charge in [0.15, 0.2) is 0 Å². The first-order chi connectivity index (χ1) is 15.7. The Labute approximate surface area is 190 Å². The lowest BCUT2D eigenvalue weighted by atomic mass is 9.94. The van der Waals surface area contributed by atoms with Gasteiger partial charge in [-0.1, -0.05) is 18.2 Å². The highest BCUT2D eigenvalue weighted by Crippen LogP contribution is 2.33. The molecule has 1 spiro atoms. The first kappa shape index (κ1) is 25.0. The predicted octanol–water partition coefficient (Wildman–Crippen LogP) is 2.77. The van der Waals surface area contributed by atoms with Crippen LogP contribution in [0.25, 0.3) is 0 Å². The molecule has 2 aliphatic rings. The number of carboxylic acid groups (broad SMARTS) is 1. The Kier molecular flexibility index (Phi) is 8.33. The molecule has 8 nitrogen and oxygen atoms in total. The molecule has 1 aromatic heterocycles. The number of rotatable bonds is 5. The number of carbonyl (C=O) groups is 1. The van der Waals surface area contributed by atoms with Crippen molar-refractivity contribution < 1.29 is 32.5 Å². The van der Waals surface area contributed by atoms with E-state index in [1.54, 1.807) is 0 Å². The molecule has 2 N–H and O–H groups in total. The molecule has 2 saturated heterocycles. The van der Waals surface area contributed by atoms with Gasteiger partial charge in [-0.25, -0.2) is 9.78 Å². The molecule has 11 heteroatoms. The molecule has 2 fully saturated rings. The van der Waals surface area contributed by atoms with Gasteiger partial charge in [0, 0.05) is 50.7 Å². The van der Waals surface area contributed by atoms with Crippen molar-refractivity contribution in [2.45, 2.75) is 24.7 Å². The van der Waals surface area contributed by atoms with Crippen LogP contribution in [0.2, 0.25) is 0 Å². The van der Waals surface area contributed by atoms with Crippen molar-refractivity contribution in [3.63, 3.8) is 0 Å². The molecule has 2 unspecified atom stereocenters. The van der Waals surface area contributed by atoms with Crippen molar-refractivity contribution in [2.75, 3.05) is 44.8 Å². The van der Waals surface area contributed by atoms with Gasteiger partial charge >= 0.3 is 12.1 Å². The van der Waals surface area contributed by atoms with Gasteiger partial charge in [0.25, 0.3) is 0 Å². The summed E-state index contributed by atoms with van der Waals surface area (Å²) in [7, 11) is 2.05. The Bertz CT molecular complexity index is 893. The second-order valence-corrected chi connectivity index (χ2v) is 8.33. The van der Waals surface area contributed by atoms with Crippen LogP contribution < -0.4 is 5.32 Å². The lowest BCUT2D eigenvalue weighted by Gasteiger charge is -2.31. The number of nitrogens with one attached hydrogen (secondary N) is 1. The van der Waals surface area contributed by atoms with E-state index in [1.165, 1.54) is 5.69 Å². The van der Waals surface area contributed by atoms with Gasteiger partial charge in [0.05, 0.1) is 26.4 Å². The lowest BCUT2D eigenvalue weighted by Crippen LogP contribution is -2.44. The number of aliphatic carboxylic acids is 1. The zero-order valence-electron chi connectivity index (χ0n) is 18.4. The molecule has 33 heavy (non-hydrogen) atoms. The van der Waals surface area contributed by atoms with Gasteiger partial charge in [-0.2, -0.15) is 13.2 Å². The Morgan fingerprint density at radius 3 is 2.70 bits per heavy atom. The van der Waals surface area contributed by atoms with Gasteiger partial charge < -0.3 is 24.5 Å². The van der Waals surface area contributed by atoms with Gasteiger partial charge in [0.1, 0.15) is 11.4 Å². The first-order valence-corrected chi connectivity index (χ1v) is 10.7. The summed E-state index contributed by atoms with van der Waals surface area (Å²) in [6, 6.07) is 10.4. The number of nitrogens with zero attached hydrogens (tertiary/aromatic N) is 3. The molecular formula is C22H29F3N4O4. The maximum Gasteiger partial charge on any atom is 0.490 e. The number of ether oxygens (including phenoxy) is 2. The summed E-state index contributed by atoms with van der Waals surface area (Å²) in [6.45, 7) is 5.83. The van der Waals surface area contributed by atoms with E-state index in [0.29, 0.717) is 12.5 Å². The second kappa shape index (κ2) is 11.0. The number of aryl methyl sites for hydroxylation is 1. The highest BCUT2D eigenvalue weighted by molar-refractivity contribution is 5.73. The smallest absolute Gasteiger partial charge is 0.475 e. The van der Waals surface area contributed by atoms with Crippen molar-refractivity contribution in [1.29, 1.82) is 0 Å². The van der Waals surface area contributed by atoms with Gasteiger partial charge in [0.2, 0.25) is 0 Å². The van der Waals surface area contributed by atoms with Crippen LogP contribution in [0.3, 0.4) is 0 Å². The molecular weight excluding hydrogens is 441 g/mol. The Morgan fingerprint density at radius 2 is 2.06 bits per heavy atom. The average molecular weight is 470 g/mol. The number of hydrogen-bond acceptors (Lipinski definition) is 6. The molecule has 0 saturated carbocycles.